The number of carbonyl (C=O) groups is 2. The second kappa shape index (κ2) is 9.98. The second-order valence-corrected chi connectivity index (χ2v) is 9.57. The van der Waals surface area contributed by atoms with Crippen molar-refractivity contribution in [1.29, 1.82) is 0 Å². The van der Waals surface area contributed by atoms with Crippen LogP contribution in [0.3, 0.4) is 0 Å². The van der Waals surface area contributed by atoms with Crippen LogP contribution in [-0.2, 0) is 27.3 Å². The van der Waals surface area contributed by atoms with E-state index in [0.717, 1.165) is 48.4 Å². The number of fused-ring (bicyclic) bond motifs is 1. The van der Waals surface area contributed by atoms with E-state index in [1.54, 1.807) is 19.3 Å². The standard InChI is InChI=1S/C23H26N6O4S/c1-2-32-22(31)16-7-8-17-19(16)26-23(34-17)27-21(30)15-6-4-10-29(12-15)13-18-25-20(28-33-18)14-5-3-9-24-11-14/h3,5,9,11,15-16H,2,4,6-8,10,12-13H2,1H3,(H,26,27,30)/t15-,16+/m1/s1. The smallest absolute Gasteiger partial charge is 0.315 e. The molecule has 0 saturated carbocycles. The molecule has 1 amide bonds. The molecular weight excluding hydrogens is 456 g/mol. The Morgan fingerprint density at radius 2 is 2.24 bits per heavy atom. The van der Waals surface area contributed by atoms with Crippen molar-refractivity contribution in [1.82, 2.24) is 25.0 Å². The lowest BCUT2D eigenvalue weighted by Gasteiger charge is -2.30. The van der Waals surface area contributed by atoms with Crippen LogP contribution in [0.15, 0.2) is 29.0 Å². The SMILES string of the molecule is CCOC(=O)[C@H]1CCc2sc(NC(=O)[C@@H]3CCCN(Cc4nc(-c5cccnc5)no4)C3)nc21. The van der Waals surface area contributed by atoms with Gasteiger partial charge in [0.05, 0.1) is 24.8 Å². The summed E-state index contributed by atoms with van der Waals surface area (Å²) in [6.45, 7) is 4.11. The predicted molar refractivity (Wildman–Crippen MR) is 124 cm³/mol. The molecule has 10 nitrogen and oxygen atoms in total. The van der Waals surface area contributed by atoms with Crippen LogP contribution >= 0.6 is 11.3 Å². The van der Waals surface area contributed by atoms with Gasteiger partial charge in [-0.05, 0) is 51.3 Å². The number of aryl methyl sites for hydroxylation is 1. The number of rotatable bonds is 7. The van der Waals surface area contributed by atoms with Gasteiger partial charge in [-0.2, -0.15) is 4.98 Å². The zero-order valence-corrected chi connectivity index (χ0v) is 19.7. The van der Waals surface area contributed by atoms with E-state index in [4.69, 9.17) is 9.26 Å². The van der Waals surface area contributed by atoms with Crippen molar-refractivity contribution in [2.75, 3.05) is 25.0 Å². The summed E-state index contributed by atoms with van der Waals surface area (Å²) < 4.78 is 10.6. The summed E-state index contributed by atoms with van der Waals surface area (Å²) in [4.78, 5) is 41.5. The summed E-state index contributed by atoms with van der Waals surface area (Å²) in [6.07, 6.45) is 6.61. The van der Waals surface area contributed by atoms with Crippen LogP contribution in [0.2, 0.25) is 0 Å². The van der Waals surface area contributed by atoms with Gasteiger partial charge in [-0.25, -0.2) is 4.98 Å². The molecule has 3 aromatic rings. The third-order valence-electron chi connectivity index (χ3n) is 6.14. The minimum atomic E-state index is -0.326. The number of nitrogens with one attached hydrogen (secondary N) is 1. The number of esters is 1. The maximum absolute atomic E-state index is 13.0. The minimum absolute atomic E-state index is 0.0496. The number of hydrogen-bond acceptors (Lipinski definition) is 10. The van der Waals surface area contributed by atoms with Crippen molar-refractivity contribution in [2.45, 2.75) is 45.1 Å². The number of hydrogen-bond donors (Lipinski definition) is 1. The van der Waals surface area contributed by atoms with Crippen LogP contribution in [0, 0.1) is 5.92 Å². The maximum Gasteiger partial charge on any atom is 0.315 e. The predicted octanol–water partition coefficient (Wildman–Crippen LogP) is 3.03. The van der Waals surface area contributed by atoms with E-state index in [1.807, 2.05) is 12.1 Å². The van der Waals surface area contributed by atoms with E-state index in [9.17, 15) is 9.59 Å². The average Bonchev–Trinajstić information content (AvgIpc) is 3.56. The third kappa shape index (κ3) is 4.85. The Morgan fingerprint density at radius 1 is 1.32 bits per heavy atom. The summed E-state index contributed by atoms with van der Waals surface area (Å²) in [5, 5.41) is 7.57. The van der Waals surface area contributed by atoms with Crippen molar-refractivity contribution < 1.29 is 18.8 Å². The molecule has 0 radical (unpaired) electrons. The Kier molecular flexibility index (Phi) is 6.63. The molecule has 1 aliphatic carbocycles. The fraction of sp³-hybridized carbons (Fsp3) is 0.478. The number of carbonyl (C=O) groups excluding carboxylic acids is 2. The van der Waals surface area contributed by atoms with Crippen LogP contribution in [0.25, 0.3) is 11.4 Å². The van der Waals surface area contributed by atoms with Gasteiger partial charge in [0.2, 0.25) is 17.6 Å². The van der Waals surface area contributed by atoms with Gasteiger partial charge < -0.3 is 14.6 Å². The summed E-state index contributed by atoms with van der Waals surface area (Å²) in [5.41, 5.74) is 1.55. The first-order valence-electron chi connectivity index (χ1n) is 11.5. The summed E-state index contributed by atoms with van der Waals surface area (Å²) in [5.74, 6) is 0.252. The largest absolute Gasteiger partial charge is 0.465 e. The first-order chi connectivity index (χ1) is 16.6. The van der Waals surface area contributed by atoms with Gasteiger partial charge in [0.1, 0.15) is 5.92 Å². The van der Waals surface area contributed by atoms with Crippen molar-refractivity contribution in [3.8, 4) is 11.4 Å². The molecule has 1 saturated heterocycles. The highest BCUT2D eigenvalue weighted by Crippen LogP contribution is 2.39. The van der Waals surface area contributed by atoms with Crippen molar-refractivity contribution in [2.24, 2.45) is 5.92 Å². The number of thiazole rings is 1. The number of anilines is 1. The second-order valence-electron chi connectivity index (χ2n) is 8.49. The molecule has 4 heterocycles. The lowest BCUT2D eigenvalue weighted by Crippen LogP contribution is -2.40. The molecule has 0 spiro atoms. The maximum atomic E-state index is 13.0. The highest BCUT2D eigenvalue weighted by Gasteiger charge is 2.34. The number of aromatic nitrogens is 4. The molecule has 0 unspecified atom stereocenters. The number of ether oxygens (including phenoxy) is 1. The van der Waals surface area contributed by atoms with E-state index in [2.05, 4.69) is 30.3 Å². The van der Waals surface area contributed by atoms with Gasteiger partial charge in [-0.1, -0.05) is 5.16 Å². The lowest BCUT2D eigenvalue weighted by atomic mass is 9.97. The molecule has 1 N–H and O–H groups in total. The van der Waals surface area contributed by atoms with Crippen LogP contribution < -0.4 is 5.32 Å². The molecule has 1 fully saturated rings. The fourth-order valence-electron chi connectivity index (χ4n) is 4.50. The highest BCUT2D eigenvalue weighted by atomic mass is 32.1. The molecule has 11 heteroatoms. The zero-order valence-electron chi connectivity index (χ0n) is 18.9. The van der Waals surface area contributed by atoms with Gasteiger partial charge in [0.15, 0.2) is 5.13 Å². The molecule has 0 bridgehead atoms. The van der Waals surface area contributed by atoms with E-state index in [0.29, 0.717) is 36.5 Å². The molecule has 2 aliphatic rings. The Balaban J connectivity index is 1.18. The first kappa shape index (κ1) is 22.6. The summed E-state index contributed by atoms with van der Waals surface area (Å²) in [6, 6.07) is 3.71. The molecule has 3 aromatic heterocycles. The lowest BCUT2D eigenvalue weighted by molar-refractivity contribution is -0.145. The van der Waals surface area contributed by atoms with E-state index < -0.39 is 0 Å². The topological polar surface area (TPSA) is 123 Å². The zero-order chi connectivity index (χ0) is 23.5. The van der Waals surface area contributed by atoms with Crippen molar-refractivity contribution in [3.05, 3.63) is 41.0 Å². The Labute approximate surface area is 200 Å². The van der Waals surface area contributed by atoms with E-state index >= 15 is 0 Å². The Bertz CT molecular complexity index is 1160. The fourth-order valence-corrected chi connectivity index (χ4v) is 5.54. The molecular formula is C23H26N6O4S. The van der Waals surface area contributed by atoms with Crippen LogP contribution in [0.5, 0.6) is 0 Å². The highest BCUT2D eigenvalue weighted by molar-refractivity contribution is 7.16. The van der Waals surface area contributed by atoms with Gasteiger partial charge in [0, 0.05) is 29.4 Å². The van der Waals surface area contributed by atoms with Crippen LogP contribution in [-0.4, -0.2) is 56.6 Å². The Morgan fingerprint density at radius 3 is 3.06 bits per heavy atom. The van der Waals surface area contributed by atoms with Gasteiger partial charge >= 0.3 is 5.97 Å². The average molecular weight is 483 g/mol. The molecule has 0 aromatic carbocycles. The third-order valence-corrected chi connectivity index (χ3v) is 7.19. The van der Waals surface area contributed by atoms with Gasteiger partial charge in [-0.15, -0.1) is 11.3 Å². The van der Waals surface area contributed by atoms with Crippen LogP contribution in [0.4, 0.5) is 5.13 Å². The number of nitrogens with zero attached hydrogens (tertiary/aromatic N) is 5. The number of pyridine rings is 1. The minimum Gasteiger partial charge on any atom is -0.465 e. The molecule has 1 aliphatic heterocycles. The van der Waals surface area contributed by atoms with Crippen LogP contribution in [0.1, 0.15) is 48.6 Å². The summed E-state index contributed by atoms with van der Waals surface area (Å²) in [7, 11) is 0. The molecule has 178 valence electrons. The quantitative estimate of drug-likeness (QED) is 0.506. The number of amides is 1. The van der Waals surface area contributed by atoms with Crippen molar-refractivity contribution in [3.63, 3.8) is 0 Å². The number of likely N-dealkylation sites (tertiary alicyclic amines) is 1. The van der Waals surface area contributed by atoms with Crippen molar-refractivity contribution >= 4 is 28.3 Å². The molecule has 34 heavy (non-hydrogen) atoms. The first-order valence-corrected chi connectivity index (χ1v) is 12.3. The van der Waals surface area contributed by atoms with Gasteiger partial charge in [0.25, 0.3) is 0 Å². The van der Waals surface area contributed by atoms with E-state index in [1.165, 1.54) is 11.3 Å². The monoisotopic (exact) mass is 482 g/mol. The Hall–Kier alpha value is -3.18. The molecule has 5 rings (SSSR count). The number of piperidine rings is 1. The van der Waals surface area contributed by atoms with E-state index in [-0.39, 0.29) is 23.7 Å². The summed E-state index contributed by atoms with van der Waals surface area (Å²) >= 11 is 1.45. The molecule has 2 atom stereocenters. The van der Waals surface area contributed by atoms with Gasteiger partial charge in [-0.3, -0.25) is 19.5 Å². The normalized spacial score (nSPS) is 20.1.